The number of H-pyrrole nitrogens is 1. The van der Waals surface area contributed by atoms with Crippen LogP contribution in [0.1, 0.15) is 10.4 Å². The molecular formula is C13H12N2O5S. The summed E-state index contributed by atoms with van der Waals surface area (Å²) >= 11 is 5.05. The molecule has 110 valence electrons. The summed E-state index contributed by atoms with van der Waals surface area (Å²) in [6, 6.07) is 4.42. The third-order valence-electron chi connectivity index (χ3n) is 2.92. The minimum Gasteiger partial charge on any atom is -0.468 e. The number of nitrogens with one attached hydrogen (secondary N) is 1. The first-order valence-electron chi connectivity index (χ1n) is 5.90. The van der Waals surface area contributed by atoms with E-state index in [0.29, 0.717) is 16.5 Å². The van der Waals surface area contributed by atoms with Crippen LogP contribution in [0.25, 0.3) is 10.9 Å². The molecule has 0 fully saturated rings. The molecule has 2 rings (SSSR count). The summed E-state index contributed by atoms with van der Waals surface area (Å²) in [5, 5.41) is 0.306. The average molecular weight is 308 g/mol. The van der Waals surface area contributed by atoms with Crippen LogP contribution in [0.3, 0.4) is 0 Å². The number of ether oxygens (including phenoxy) is 2. The highest BCUT2D eigenvalue weighted by molar-refractivity contribution is 7.71. The lowest BCUT2D eigenvalue weighted by Crippen LogP contribution is -2.26. The van der Waals surface area contributed by atoms with Crippen LogP contribution < -0.4 is 5.56 Å². The van der Waals surface area contributed by atoms with E-state index in [1.54, 1.807) is 0 Å². The number of benzene rings is 1. The number of hydrogen-bond donors (Lipinski definition) is 1. The third-order valence-corrected chi connectivity index (χ3v) is 3.24. The molecular weight excluding hydrogens is 296 g/mol. The van der Waals surface area contributed by atoms with Gasteiger partial charge in [-0.15, -0.1) is 0 Å². The molecule has 0 radical (unpaired) electrons. The fourth-order valence-corrected chi connectivity index (χ4v) is 2.09. The van der Waals surface area contributed by atoms with Gasteiger partial charge >= 0.3 is 11.9 Å². The van der Waals surface area contributed by atoms with Gasteiger partial charge in [-0.25, -0.2) is 4.79 Å². The van der Waals surface area contributed by atoms with Crippen molar-refractivity contribution in [3.05, 3.63) is 38.9 Å². The molecule has 1 N–H and O–H groups in total. The number of hydrogen-bond acceptors (Lipinski definition) is 6. The first-order valence-corrected chi connectivity index (χ1v) is 6.30. The fraction of sp³-hybridized carbons (Fsp3) is 0.231. The summed E-state index contributed by atoms with van der Waals surface area (Å²) in [5.74, 6) is -1.10. The molecule has 0 bridgehead atoms. The topological polar surface area (TPSA) is 90.4 Å². The van der Waals surface area contributed by atoms with E-state index in [1.807, 2.05) is 0 Å². The van der Waals surface area contributed by atoms with Crippen molar-refractivity contribution in [1.82, 2.24) is 9.55 Å². The molecule has 1 aromatic heterocycles. The molecule has 0 saturated carbocycles. The lowest BCUT2D eigenvalue weighted by Gasteiger charge is -2.07. The quantitative estimate of drug-likeness (QED) is 0.672. The molecule has 0 aliphatic heterocycles. The van der Waals surface area contributed by atoms with E-state index < -0.39 is 17.5 Å². The zero-order chi connectivity index (χ0) is 15.6. The molecule has 0 spiro atoms. The number of esters is 2. The van der Waals surface area contributed by atoms with Crippen molar-refractivity contribution in [2.24, 2.45) is 0 Å². The van der Waals surface area contributed by atoms with Crippen LogP contribution in [0, 0.1) is 4.77 Å². The van der Waals surface area contributed by atoms with E-state index in [1.165, 1.54) is 32.4 Å². The van der Waals surface area contributed by atoms with Gasteiger partial charge in [0.25, 0.3) is 5.56 Å². The number of aromatic nitrogens is 2. The number of fused-ring (bicyclic) bond motifs is 1. The summed E-state index contributed by atoms with van der Waals surface area (Å²) in [7, 11) is 2.49. The Bertz CT molecular complexity index is 837. The van der Waals surface area contributed by atoms with Crippen LogP contribution in [0.15, 0.2) is 23.0 Å². The number of aromatic amines is 1. The third kappa shape index (κ3) is 2.84. The second kappa shape index (κ2) is 5.88. The maximum atomic E-state index is 12.3. The van der Waals surface area contributed by atoms with E-state index in [4.69, 9.17) is 12.2 Å². The Morgan fingerprint density at radius 2 is 2.00 bits per heavy atom. The van der Waals surface area contributed by atoms with E-state index in [0.717, 1.165) is 4.57 Å². The number of nitrogens with zero attached hydrogens (tertiary/aromatic N) is 1. The Morgan fingerprint density at radius 1 is 1.29 bits per heavy atom. The molecule has 21 heavy (non-hydrogen) atoms. The van der Waals surface area contributed by atoms with E-state index in [9.17, 15) is 14.4 Å². The molecule has 7 nitrogen and oxygen atoms in total. The van der Waals surface area contributed by atoms with Gasteiger partial charge in [0.1, 0.15) is 6.54 Å². The van der Waals surface area contributed by atoms with Crippen LogP contribution >= 0.6 is 12.2 Å². The molecule has 0 amide bonds. The van der Waals surface area contributed by atoms with Crippen molar-refractivity contribution in [3.8, 4) is 0 Å². The van der Waals surface area contributed by atoms with E-state index in [-0.39, 0.29) is 11.3 Å². The summed E-state index contributed by atoms with van der Waals surface area (Å²) < 4.78 is 10.3. The Labute approximate surface area is 124 Å². The first-order chi connectivity index (χ1) is 9.97. The standard InChI is InChI=1S/C13H12N2O5S/c1-19-10(16)6-15-11(17)8-4-3-7(12(18)20-2)5-9(8)14-13(15)21/h3-5H,6H2,1-2H3,(H,14,21). The summed E-state index contributed by atoms with van der Waals surface area (Å²) in [6.45, 7) is -0.278. The maximum absolute atomic E-state index is 12.3. The molecule has 0 aliphatic carbocycles. The summed E-state index contributed by atoms with van der Waals surface area (Å²) in [4.78, 5) is 37.9. The van der Waals surface area contributed by atoms with Gasteiger partial charge in [-0.05, 0) is 30.4 Å². The Morgan fingerprint density at radius 3 is 2.62 bits per heavy atom. The van der Waals surface area contributed by atoms with Gasteiger partial charge in [-0.1, -0.05) is 0 Å². The minimum atomic E-state index is -0.581. The van der Waals surface area contributed by atoms with Gasteiger partial charge in [0.15, 0.2) is 4.77 Å². The molecule has 0 aliphatic rings. The molecule has 8 heteroatoms. The normalized spacial score (nSPS) is 10.4. The number of carbonyl (C=O) groups is 2. The minimum absolute atomic E-state index is 0.0694. The van der Waals surface area contributed by atoms with Gasteiger partial charge < -0.3 is 14.5 Å². The number of rotatable bonds is 3. The molecule has 0 saturated heterocycles. The van der Waals surface area contributed by atoms with Crippen LogP contribution in [-0.2, 0) is 20.8 Å². The maximum Gasteiger partial charge on any atom is 0.337 e. The highest BCUT2D eigenvalue weighted by Gasteiger charge is 2.12. The summed E-state index contributed by atoms with van der Waals surface area (Å²) in [6.07, 6.45) is 0. The molecule has 0 atom stereocenters. The Kier molecular flexibility index (Phi) is 4.18. The van der Waals surface area contributed by atoms with Crippen molar-refractivity contribution in [3.63, 3.8) is 0 Å². The number of carbonyl (C=O) groups excluding carboxylic acids is 2. The van der Waals surface area contributed by atoms with E-state index >= 15 is 0 Å². The average Bonchev–Trinajstić information content (AvgIpc) is 2.49. The van der Waals surface area contributed by atoms with Crippen LogP contribution in [-0.4, -0.2) is 35.7 Å². The van der Waals surface area contributed by atoms with Gasteiger partial charge in [0, 0.05) is 0 Å². The van der Waals surface area contributed by atoms with Crippen molar-refractivity contribution in [1.29, 1.82) is 0 Å². The second-order valence-corrected chi connectivity index (χ2v) is 4.54. The molecule has 2 aromatic rings. The summed E-state index contributed by atoms with van der Waals surface area (Å²) in [5.41, 5.74) is 0.255. The Hall–Kier alpha value is -2.48. The van der Waals surface area contributed by atoms with Gasteiger partial charge in [-0.3, -0.25) is 14.2 Å². The first kappa shape index (κ1) is 14.9. The van der Waals surface area contributed by atoms with Crippen LogP contribution in [0.5, 0.6) is 0 Å². The van der Waals surface area contributed by atoms with Gasteiger partial charge in [0.2, 0.25) is 0 Å². The smallest absolute Gasteiger partial charge is 0.337 e. The van der Waals surface area contributed by atoms with Gasteiger partial charge in [-0.2, -0.15) is 0 Å². The molecule has 1 heterocycles. The SMILES string of the molecule is COC(=O)Cn1c(=S)[nH]c2cc(C(=O)OC)ccc2c1=O. The lowest BCUT2D eigenvalue weighted by atomic mass is 10.1. The highest BCUT2D eigenvalue weighted by atomic mass is 32.1. The van der Waals surface area contributed by atoms with E-state index in [2.05, 4.69) is 14.5 Å². The van der Waals surface area contributed by atoms with Crippen molar-refractivity contribution >= 4 is 35.1 Å². The lowest BCUT2D eigenvalue weighted by molar-refractivity contribution is -0.141. The largest absolute Gasteiger partial charge is 0.468 e. The molecule has 1 aromatic carbocycles. The van der Waals surface area contributed by atoms with Gasteiger partial charge in [0.05, 0.1) is 30.7 Å². The molecule has 0 unspecified atom stereocenters. The van der Waals surface area contributed by atoms with Crippen molar-refractivity contribution < 1.29 is 19.1 Å². The zero-order valence-corrected chi connectivity index (χ0v) is 12.2. The number of methoxy groups -OCH3 is 2. The fourth-order valence-electron chi connectivity index (χ4n) is 1.84. The van der Waals surface area contributed by atoms with Crippen molar-refractivity contribution in [2.75, 3.05) is 14.2 Å². The monoisotopic (exact) mass is 308 g/mol. The predicted octanol–water partition coefficient (Wildman–Crippen LogP) is 1.02. The second-order valence-electron chi connectivity index (χ2n) is 4.15. The Balaban J connectivity index is 2.63. The highest BCUT2D eigenvalue weighted by Crippen LogP contribution is 2.11. The van der Waals surface area contributed by atoms with Crippen LogP contribution in [0.2, 0.25) is 0 Å². The zero-order valence-electron chi connectivity index (χ0n) is 11.3. The van der Waals surface area contributed by atoms with Crippen molar-refractivity contribution in [2.45, 2.75) is 6.54 Å². The predicted molar refractivity (Wildman–Crippen MR) is 76.7 cm³/mol. The van der Waals surface area contributed by atoms with Crippen LogP contribution in [0.4, 0.5) is 0 Å².